The first-order chi connectivity index (χ1) is 12.0. The zero-order valence-corrected chi connectivity index (χ0v) is 15.8. The minimum atomic E-state index is 0.0508. The summed E-state index contributed by atoms with van der Waals surface area (Å²) in [5.74, 6) is 0.0508. The van der Waals surface area contributed by atoms with Gasteiger partial charge in [0.05, 0.1) is 17.9 Å². The van der Waals surface area contributed by atoms with E-state index in [0.29, 0.717) is 6.42 Å². The molecule has 2 unspecified atom stereocenters. The molecule has 1 amide bonds. The maximum atomic E-state index is 11.8. The van der Waals surface area contributed by atoms with Gasteiger partial charge < -0.3 is 15.0 Å². The van der Waals surface area contributed by atoms with Crippen molar-refractivity contribution >= 4 is 28.1 Å². The zero-order chi connectivity index (χ0) is 17.8. The van der Waals surface area contributed by atoms with Crippen LogP contribution in [0.25, 0.3) is 11.3 Å². The van der Waals surface area contributed by atoms with E-state index in [1.165, 1.54) is 0 Å². The smallest absolute Gasteiger partial charge is 0.224 e. The molecule has 1 aliphatic heterocycles. The van der Waals surface area contributed by atoms with Crippen LogP contribution in [0.5, 0.6) is 0 Å². The number of carbonyl (C=O) groups is 1. The quantitative estimate of drug-likeness (QED) is 0.871. The Bertz CT molecular complexity index is 721. The molecule has 2 atom stereocenters. The number of anilines is 2. The molecular weight excluding hydrogens is 334 g/mol. The Morgan fingerprint density at radius 1 is 1.36 bits per heavy atom. The van der Waals surface area contributed by atoms with Gasteiger partial charge in [0.2, 0.25) is 5.91 Å². The maximum Gasteiger partial charge on any atom is 0.224 e. The van der Waals surface area contributed by atoms with Crippen LogP contribution in [0.4, 0.5) is 10.8 Å². The molecule has 25 heavy (non-hydrogen) atoms. The SMILES string of the molecule is CCCC(=O)Nc1cccc(-c2csc(N3CC(C)OC(C)C3)n2)c1. The van der Waals surface area contributed by atoms with Gasteiger partial charge in [0.1, 0.15) is 0 Å². The second-order valence-electron chi connectivity index (χ2n) is 6.56. The number of ether oxygens (including phenoxy) is 1. The standard InChI is InChI=1S/C19H25N3O2S/c1-4-6-18(23)20-16-8-5-7-15(9-16)17-12-25-19(21-17)22-10-13(2)24-14(3)11-22/h5,7-9,12-14H,4,6,10-11H2,1-3H3,(H,20,23). The molecule has 6 heteroatoms. The van der Waals surface area contributed by atoms with Crippen molar-refractivity contribution in [3.8, 4) is 11.3 Å². The molecule has 0 saturated carbocycles. The number of nitrogens with one attached hydrogen (secondary N) is 1. The topological polar surface area (TPSA) is 54.5 Å². The van der Waals surface area contributed by atoms with Crippen molar-refractivity contribution in [3.05, 3.63) is 29.6 Å². The van der Waals surface area contributed by atoms with Crippen molar-refractivity contribution < 1.29 is 9.53 Å². The van der Waals surface area contributed by atoms with Gasteiger partial charge in [-0.1, -0.05) is 19.1 Å². The molecule has 5 nitrogen and oxygen atoms in total. The summed E-state index contributed by atoms with van der Waals surface area (Å²) < 4.78 is 5.80. The van der Waals surface area contributed by atoms with Gasteiger partial charge in [0.25, 0.3) is 0 Å². The summed E-state index contributed by atoms with van der Waals surface area (Å²) in [5.41, 5.74) is 2.78. The number of amides is 1. The summed E-state index contributed by atoms with van der Waals surface area (Å²) in [5, 5.41) is 6.05. The van der Waals surface area contributed by atoms with Gasteiger partial charge in [-0.3, -0.25) is 4.79 Å². The van der Waals surface area contributed by atoms with E-state index in [9.17, 15) is 4.79 Å². The summed E-state index contributed by atoms with van der Waals surface area (Å²) in [7, 11) is 0. The average Bonchev–Trinajstić information content (AvgIpc) is 3.04. The lowest BCUT2D eigenvalue weighted by atomic mass is 10.1. The van der Waals surface area contributed by atoms with Crippen LogP contribution in [0.15, 0.2) is 29.6 Å². The van der Waals surface area contributed by atoms with E-state index in [1.54, 1.807) is 11.3 Å². The molecule has 1 aromatic heterocycles. The molecule has 0 bridgehead atoms. The Morgan fingerprint density at radius 2 is 2.12 bits per heavy atom. The van der Waals surface area contributed by atoms with Crippen LogP contribution in [0.1, 0.15) is 33.6 Å². The Hall–Kier alpha value is -1.92. The van der Waals surface area contributed by atoms with Gasteiger partial charge in [-0.15, -0.1) is 11.3 Å². The fourth-order valence-electron chi connectivity index (χ4n) is 3.08. The Labute approximate surface area is 153 Å². The van der Waals surface area contributed by atoms with Crippen LogP contribution >= 0.6 is 11.3 Å². The van der Waals surface area contributed by atoms with Crippen LogP contribution in [0.3, 0.4) is 0 Å². The third-order valence-corrected chi connectivity index (χ3v) is 5.00. The summed E-state index contributed by atoms with van der Waals surface area (Å²) in [4.78, 5) is 18.9. The lowest BCUT2D eigenvalue weighted by molar-refractivity contribution is -0.116. The van der Waals surface area contributed by atoms with Crippen molar-refractivity contribution in [2.75, 3.05) is 23.3 Å². The van der Waals surface area contributed by atoms with Crippen molar-refractivity contribution in [2.24, 2.45) is 0 Å². The van der Waals surface area contributed by atoms with Crippen LogP contribution in [-0.4, -0.2) is 36.2 Å². The molecule has 0 radical (unpaired) electrons. The summed E-state index contributed by atoms with van der Waals surface area (Å²) >= 11 is 1.65. The van der Waals surface area contributed by atoms with E-state index in [1.807, 2.05) is 31.2 Å². The summed E-state index contributed by atoms with van der Waals surface area (Å²) in [6.45, 7) is 7.92. The number of hydrogen-bond donors (Lipinski definition) is 1. The Morgan fingerprint density at radius 3 is 2.84 bits per heavy atom. The first kappa shape index (κ1) is 17.9. The monoisotopic (exact) mass is 359 g/mol. The number of morpholine rings is 1. The molecule has 1 saturated heterocycles. The molecule has 3 rings (SSSR count). The van der Waals surface area contributed by atoms with Gasteiger partial charge in [-0.2, -0.15) is 0 Å². The van der Waals surface area contributed by atoms with E-state index in [2.05, 4.69) is 29.4 Å². The molecule has 1 N–H and O–H groups in total. The highest BCUT2D eigenvalue weighted by atomic mass is 32.1. The van der Waals surface area contributed by atoms with Crippen LogP contribution in [0.2, 0.25) is 0 Å². The highest BCUT2D eigenvalue weighted by Crippen LogP contribution is 2.30. The molecule has 0 aliphatic carbocycles. The molecule has 1 aliphatic rings. The second kappa shape index (κ2) is 7.97. The fourth-order valence-corrected chi connectivity index (χ4v) is 3.94. The minimum Gasteiger partial charge on any atom is -0.372 e. The van der Waals surface area contributed by atoms with Crippen molar-refractivity contribution in [2.45, 2.75) is 45.8 Å². The molecule has 2 heterocycles. The predicted octanol–water partition coefficient (Wildman–Crippen LogP) is 4.16. The van der Waals surface area contributed by atoms with Crippen molar-refractivity contribution in [3.63, 3.8) is 0 Å². The number of benzene rings is 1. The predicted molar refractivity (Wildman–Crippen MR) is 103 cm³/mol. The molecule has 134 valence electrons. The van der Waals surface area contributed by atoms with Crippen molar-refractivity contribution in [1.82, 2.24) is 4.98 Å². The van der Waals surface area contributed by atoms with Gasteiger partial charge in [0, 0.05) is 36.1 Å². The van der Waals surface area contributed by atoms with Gasteiger partial charge in [-0.25, -0.2) is 4.98 Å². The van der Waals surface area contributed by atoms with E-state index < -0.39 is 0 Å². The van der Waals surface area contributed by atoms with Gasteiger partial charge in [0.15, 0.2) is 5.13 Å². The van der Waals surface area contributed by atoms with Crippen LogP contribution in [0, 0.1) is 0 Å². The van der Waals surface area contributed by atoms with Crippen LogP contribution < -0.4 is 10.2 Å². The largest absolute Gasteiger partial charge is 0.372 e. The van der Waals surface area contributed by atoms with Crippen molar-refractivity contribution in [1.29, 1.82) is 0 Å². The van der Waals surface area contributed by atoms with Gasteiger partial charge >= 0.3 is 0 Å². The first-order valence-electron chi connectivity index (χ1n) is 8.81. The Balaban J connectivity index is 1.75. The highest BCUT2D eigenvalue weighted by Gasteiger charge is 2.24. The second-order valence-corrected chi connectivity index (χ2v) is 7.39. The van der Waals surface area contributed by atoms with Crippen LogP contribution in [-0.2, 0) is 9.53 Å². The zero-order valence-electron chi connectivity index (χ0n) is 15.0. The number of nitrogens with zero attached hydrogens (tertiary/aromatic N) is 2. The molecule has 2 aromatic rings. The molecule has 1 aromatic carbocycles. The lowest BCUT2D eigenvalue weighted by Gasteiger charge is -2.35. The fraction of sp³-hybridized carbons (Fsp3) is 0.474. The van der Waals surface area contributed by atoms with Gasteiger partial charge in [-0.05, 0) is 32.4 Å². The van der Waals surface area contributed by atoms with E-state index in [4.69, 9.17) is 9.72 Å². The van der Waals surface area contributed by atoms with E-state index in [-0.39, 0.29) is 18.1 Å². The normalized spacial score (nSPS) is 20.5. The third-order valence-electron chi connectivity index (χ3n) is 4.10. The number of aromatic nitrogens is 1. The highest BCUT2D eigenvalue weighted by molar-refractivity contribution is 7.14. The number of carbonyl (C=O) groups excluding carboxylic acids is 1. The number of thiazole rings is 1. The van der Waals surface area contributed by atoms with E-state index >= 15 is 0 Å². The summed E-state index contributed by atoms with van der Waals surface area (Å²) in [6, 6.07) is 7.88. The summed E-state index contributed by atoms with van der Waals surface area (Å²) in [6.07, 6.45) is 1.82. The minimum absolute atomic E-state index is 0.0508. The maximum absolute atomic E-state index is 11.8. The Kier molecular flexibility index (Phi) is 5.71. The molecule has 1 fully saturated rings. The third kappa shape index (κ3) is 4.58. The number of rotatable bonds is 5. The molecule has 0 spiro atoms. The van der Waals surface area contributed by atoms with E-state index in [0.717, 1.165) is 41.6 Å². The molecular formula is C19H25N3O2S. The number of hydrogen-bond acceptors (Lipinski definition) is 5. The first-order valence-corrected chi connectivity index (χ1v) is 9.69. The average molecular weight is 359 g/mol. The lowest BCUT2D eigenvalue weighted by Crippen LogP contribution is -2.45.